The lowest BCUT2D eigenvalue weighted by Crippen LogP contribution is -2.46. The lowest BCUT2D eigenvalue weighted by atomic mass is 9.92. The van der Waals surface area contributed by atoms with Gasteiger partial charge in [0.2, 0.25) is 0 Å². The monoisotopic (exact) mass is 250 g/mol. The first-order valence-electron chi connectivity index (χ1n) is 6.74. The molecule has 0 fully saturated rings. The van der Waals surface area contributed by atoms with E-state index in [0.717, 1.165) is 32.8 Å². The molecule has 0 aliphatic carbocycles. The molecule has 0 heterocycles. The SMILES string of the molecule is CCOCCN(CC)CC(C)(N)c1ccccc1. The molecule has 0 spiro atoms. The molecule has 0 bridgehead atoms. The molecule has 0 aromatic heterocycles. The number of likely N-dealkylation sites (N-methyl/N-ethyl adjacent to an activating group) is 1. The standard InChI is InChI=1S/C15H26N2O/c1-4-17(11-12-18-5-2)13-15(3,16)14-9-7-6-8-10-14/h6-10H,4-5,11-13,16H2,1-3H3. The molecule has 0 saturated heterocycles. The second-order valence-electron chi connectivity index (χ2n) is 4.85. The van der Waals surface area contributed by atoms with Gasteiger partial charge in [-0.1, -0.05) is 37.3 Å². The predicted octanol–water partition coefficient (Wildman–Crippen LogP) is 2.22. The molecular weight excluding hydrogens is 224 g/mol. The van der Waals surface area contributed by atoms with E-state index < -0.39 is 0 Å². The zero-order chi connectivity index (χ0) is 13.4. The number of hydrogen-bond donors (Lipinski definition) is 1. The largest absolute Gasteiger partial charge is 0.380 e. The summed E-state index contributed by atoms with van der Waals surface area (Å²) in [6, 6.07) is 10.3. The maximum absolute atomic E-state index is 6.44. The third kappa shape index (κ3) is 4.77. The highest BCUT2D eigenvalue weighted by Gasteiger charge is 2.23. The van der Waals surface area contributed by atoms with Crippen LogP contribution in [0.5, 0.6) is 0 Å². The van der Waals surface area contributed by atoms with Crippen LogP contribution >= 0.6 is 0 Å². The highest BCUT2D eigenvalue weighted by atomic mass is 16.5. The van der Waals surface area contributed by atoms with Crippen molar-refractivity contribution in [3.05, 3.63) is 35.9 Å². The second-order valence-corrected chi connectivity index (χ2v) is 4.85. The van der Waals surface area contributed by atoms with E-state index in [9.17, 15) is 0 Å². The highest BCUT2D eigenvalue weighted by molar-refractivity contribution is 5.23. The van der Waals surface area contributed by atoms with E-state index in [1.807, 2.05) is 25.1 Å². The Morgan fingerprint density at radius 3 is 2.44 bits per heavy atom. The van der Waals surface area contributed by atoms with Crippen LogP contribution in [0.3, 0.4) is 0 Å². The highest BCUT2D eigenvalue weighted by Crippen LogP contribution is 2.18. The molecule has 3 nitrogen and oxygen atoms in total. The maximum atomic E-state index is 6.44. The van der Waals surface area contributed by atoms with E-state index in [4.69, 9.17) is 10.5 Å². The van der Waals surface area contributed by atoms with Gasteiger partial charge in [0.25, 0.3) is 0 Å². The van der Waals surface area contributed by atoms with Crippen LogP contribution in [0, 0.1) is 0 Å². The van der Waals surface area contributed by atoms with Crippen LogP contribution in [-0.2, 0) is 10.3 Å². The normalized spacial score (nSPS) is 14.7. The fraction of sp³-hybridized carbons (Fsp3) is 0.600. The number of hydrogen-bond acceptors (Lipinski definition) is 3. The summed E-state index contributed by atoms with van der Waals surface area (Å²) in [6.07, 6.45) is 0. The molecule has 1 unspecified atom stereocenters. The van der Waals surface area contributed by atoms with Crippen molar-refractivity contribution in [1.29, 1.82) is 0 Å². The maximum Gasteiger partial charge on any atom is 0.0593 e. The Balaban J connectivity index is 2.57. The quantitative estimate of drug-likeness (QED) is 0.719. The van der Waals surface area contributed by atoms with Gasteiger partial charge in [0.15, 0.2) is 0 Å². The fourth-order valence-electron chi connectivity index (χ4n) is 2.06. The van der Waals surface area contributed by atoms with Gasteiger partial charge in [-0.25, -0.2) is 0 Å². The average molecular weight is 250 g/mol. The van der Waals surface area contributed by atoms with Gasteiger partial charge in [-0.15, -0.1) is 0 Å². The van der Waals surface area contributed by atoms with Crippen LogP contribution in [0.2, 0.25) is 0 Å². The molecule has 0 saturated carbocycles. The van der Waals surface area contributed by atoms with E-state index in [1.165, 1.54) is 5.56 Å². The molecule has 0 radical (unpaired) electrons. The number of rotatable bonds is 8. The zero-order valence-corrected chi connectivity index (χ0v) is 11.9. The third-order valence-electron chi connectivity index (χ3n) is 3.19. The van der Waals surface area contributed by atoms with Crippen LogP contribution in [-0.4, -0.2) is 37.7 Å². The summed E-state index contributed by atoms with van der Waals surface area (Å²) >= 11 is 0. The molecule has 18 heavy (non-hydrogen) atoms. The van der Waals surface area contributed by atoms with Crippen LogP contribution in [0.25, 0.3) is 0 Å². The summed E-state index contributed by atoms with van der Waals surface area (Å²) in [5, 5.41) is 0. The van der Waals surface area contributed by atoms with E-state index in [0.29, 0.717) is 0 Å². The second kappa shape index (κ2) is 7.52. The lowest BCUT2D eigenvalue weighted by Gasteiger charge is -2.32. The third-order valence-corrected chi connectivity index (χ3v) is 3.19. The van der Waals surface area contributed by atoms with Gasteiger partial charge >= 0.3 is 0 Å². The van der Waals surface area contributed by atoms with E-state index in [2.05, 4.69) is 30.9 Å². The minimum absolute atomic E-state index is 0.316. The summed E-state index contributed by atoms with van der Waals surface area (Å²) in [4.78, 5) is 2.34. The molecule has 3 heteroatoms. The van der Waals surface area contributed by atoms with E-state index in [1.54, 1.807) is 0 Å². The first-order chi connectivity index (χ1) is 8.60. The lowest BCUT2D eigenvalue weighted by molar-refractivity contribution is 0.106. The Labute approximate surface area is 111 Å². The molecule has 1 aromatic carbocycles. The summed E-state index contributed by atoms with van der Waals surface area (Å²) in [5.41, 5.74) is 7.30. The molecule has 0 amide bonds. The van der Waals surface area contributed by atoms with E-state index >= 15 is 0 Å². The van der Waals surface area contributed by atoms with Gasteiger partial charge in [-0.3, -0.25) is 4.90 Å². The van der Waals surface area contributed by atoms with Gasteiger partial charge in [-0.05, 0) is 26.0 Å². The topological polar surface area (TPSA) is 38.5 Å². The Morgan fingerprint density at radius 1 is 1.22 bits per heavy atom. The predicted molar refractivity (Wildman–Crippen MR) is 76.6 cm³/mol. The van der Waals surface area contributed by atoms with Gasteiger partial charge in [0.05, 0.1) is 12.1 Å². The number of ether oxygens (including phenoxy) is 1. The van der Waals surface area contributed by atoms with Crippen molar-refractivity contribution in [2.75, 3.05) is 32.8 Å². The fourth-order valence-corrected chi connectivity index (χ4v) is 2.06. The van der Waals surface area contributed by atoms with Crippen molar-refractivity contribution < 1.29 is 4.74 Å². The average Bonchev–Trinajstić information content (AvgIpc) is 2.38. The van der Waals surface area contributed by atoms with E-state index in [-0.39, 0.29) is 5.54 Å². The van der Waals surface area contributed by atoms with Gasteiger partial charge in [-0.2, -0.15) is 0 Å². The van der Waals surface area contributed by atoms with Crippen LogP contribution in [0.4, 0.5) is 0 Å². The van der Waals surface area contributed by atoms with Crippen LogP contribution in [0.1, 0.15) is 26.3 Å². The molecule has 1 rings (SSSR count). The van der Waals surface area contributed by atoms with Crippen molar-refractivity contribution in [3.63, 3.8) is 0 Å². The zero-order valence-electron chi connectivity index (χ0n) is 11.9. The summed E-state index contributed by atoms with van der Waals surface area (Å²) in [7, 11) is 0. The Hall–Kier alpha value is -0.900. The Morgan fingerprint density at radius 2 is 1.89 bits per heavy atom. The summed E-state index contributed by atoms with van der Waals surface area (Å²) < 4.78 is 5.40. The number of nitrogens with zero attached hydrogens (tertiary/aromatic N) is 1. The number of benzene rings is 1. The Bertz CT molecular complexity index is 325. The Kier molecular flexibility index (Phi) is 6.33. The van der Waals surface area contributed by atoms with Gasteiger partial charge < -0.3 is 10.5 Å². The smallest absolute Gasteiger partial charge is 0.0593 e. The number of nitrogens with two attached hydrogens (primary N) is 1. The van der Waals surface area contributed by atoms with Crippen LogP contribution in [0.15, 0.2) is 30.3 Å². The van der Waals surface area contributed by atoms with Crippen molar-refractivity contribution >= 4 is 0 Å². The molecular formula is C15H26N2O. The molecule has 102 valence electrons. The van der Waals surface area contributed by atoms with Gasteiger partial charge in [0, 0.05) is 19.7 Å². The van der Waals surface area contributed by atoms with Gasteiger partial charge in [0.1, 0.15) is 0 Å². The van der Waals surface area contributed by atoms with Crippen molar-refractivity contribution in [1.82, 2.24) is 4.90 Å². The van der Waals surface area contributed by atoms with Crippen molar-refractivity contribution in [3.8, 4) is 0 Å². The molecule has 0 aliphatic rings. The summed E-state index contributed by atoms with van der Waals surface area (Å²) in [5.74, 6) is 0. The van der Waals surface area contributed by atoms with Crippen LogP contribution < -0.4 is 5.73 Å². The molecule has 1 atom stereocenters. The first kappa shape index (κ1) is 15.2. The summed E-state index contributed by atoms with van der Waals surface area (Å²) in [6.45, 7) is 10.6. The molecule has 2 N–H and O–H groups in total. The van der Waals surface area contributed by atoms with Crippen molar-refractivity contribution in [2.24, 2.45) is 5.73 Å². The first-order valence-corrected chi connectivity index (χ1v) is 6.74. The molecule has 0 aliphatic heterocycles. The molecule has 1 aromatic rings. The minimum atomic E-state index is -0.316. The van der Waals surface area contributed by atoms with Crippen molar-refractivity contribution in [2.45, 2.75) is 26.3 Å². The minimum Gasteiger partial charge on any atom is -0.380 e.